The van der Waals surface area contributed by atoms with Gasteiger partial charge in [0.1, 0.15) is 5.82 Å². The topological polar surface area (TPSA) is 105 Å². The molecule has 0 saturated heterocycles. The van der Waals surface area contributed by atoms with Crippen molar-refractivity contribution >= 4 is 10.0 Å². The molecular formula is C12H14FN3O4S. The number of sulfonamides is 1. The molecule has 0 unspecified atom stereocenters. The zero-order chi connectivity index (χ0) is 15.6. The van der Waals surface area contributed by atoms with Gasteiger partial charge in [-0.3, -0.25) is 0 Å². The van der Waals surface area contributed by atoms with E-state index in [4.69, 9.17) is 9.63 Å². The van der Waals surface area contributed by atoms with Crippen molar-refractivity contribution in [2.75, 3.05) is 0 Å². The molecule has 0 amide bonds. The molecule has 1 aromatic heterocycles. The maximum Gasteiger partial charge on any atom is 0.241 e. The van der Waals surface area contributed by atoms with Crippen LogP contribution in [0.2, 0.25) is 0 Å². The summed E-state index contributed by atoms with van der Waals surface area (Å²) in [5.74, 6) is -0.210. The summed E-state index contributed by atoms with van der Waals surface area (Å²) in [4.78, 5) is 3.63. The molecule has 0 radical (unpaired) electrons. The van der Waals surface area contributed by atoms with Crippen molar-refractivity contribution in [3.63, 3.8) is 0 Å². The molecule has 21 heavy (non-hydrogen) atoms. The van der Waals surface area contributed by atoms with Gasteiger partial charge in [0.25, 0.3) is 0 Å². The summed E-state index contributed by atoms with van der Waals surface area (Å²) in [6.45, 7) is 2.30. The Kier molecular flexibility index (Phi) is 4.35. The van der Waals surface area contributed by atoms with Gasteiger partial charge in [-0.15, -0.1) is 0 Å². The average Bonchev–Trinajstić information content (AvgIpc) is 2.85. The van der Waals surface area contributed by atoms with E-state index in [1.165, 1.54) is 13.0 Å². The van der Waals surface area contributed by atoms with Gasteiger partial charge in [-0.05, 0) is 24.6 Å². The van der Waals surface area contributed by atoms with Crippen LogP contribution in [0.1, 0.15) is 22.8 Å². The Morgan fingerprint density at radius 1 is 1.38 bits per heavy atom. The van der Waals surface area contributed by atoms with E-state index in [1.54, 1.807) is 6.92 Å². The van der Waals surface area contributed by atoms with Gasteiger partial charge in [0.05, 0.1) is 18.0 Å². The van der Waals surface area contributed by atoms with E-state index in [-0.39, 0.29) is 28.4 Å². The average molecular weight is 315 g/mol. The summed E-state index contributed by atoms with van der Waals surface area (Å²) in [6.07, 6.45) is 0. The van der Waals surface area contributed by atoms with Crippen LogP contribution in [0, 0.1) is 19.7 Å². The van der Waals surface area contributed by atoms with Crippen molar-refractivity contribution in [1.29, 1.82) is 0 Å². The minimum absolute atomic E-state index is 0.0241. The standard InChI is InChI=1S/C12H14FN3O4S/c1-7-10(13)3-9(6-17)4-11(7)21(18,19)14-5-12-15-8(2)20-16-12/h3-4,14,17H,5-6H2,1-2H3. The van der Waals surface area contributed by atoms with Gasteiger partial charge in [0.2, 0.25) is 15.9 Å². The Morgan fingerprint density at radius 3 is 2.67 bits per heavy atom. The fraction of sp³-hybridized carbons (Fsp3) is 0.333. The molecule has 0 aliphatic rings. The number of rotatable bonds is 5. The minimum atomic E-state index is -3.96. The molecule has 0 aliphatic carbocycles. The first kappa shape index (κ1) is 15.5. The first-order chi connectivity index (χ1) is 9.83. The number of aromatic nitrogens is 2. The Labute approximate surface area is 120 Å². The molecule has 0 spiro atoms. The monoisotopic (exact) mass is 315 g/mol. The molecule has 0 aliphatic heterocycles. The lowest BCUT2D eigenvalue weighted by Gasteiger charge is -2.10. The summed E-state index contributed by atoms with van der Waals surface area (Å²) in [5, 5.41) is 12.6. The lowest BCUT2D eigenvalue weighted by Crippen LogP contribution is -2.25. The molecule has 1 heterocycles. The number of aliphatic hydroxyl groups is 1. The molecule has 0 bridgehead atoms. The molecule has 2 rings (SSSR count). The van der Waals surface area contributed by atoms with E-state index in [0.717, 1.165) is 6.07 Å². The van der Waals surface area contributed by atoms with Crippen LogP contribution in [0.15, 0.2) is 21.6 Å². The Morgan fingerprint density at radius 2 is 2.10 bits per heavy atom. The van der Waals surface area contributed by atoms with Crippen molar-refractivity contribution in [3.05, 3.63) is 40.8 Å². The quantitative estimate of drug-likeness (QED) is 0.845. The van der Waals surface area contributed by atoms with E-state index >= 15 is 0 Å². The van der Waals surface area contributed by atoms with Crippen molar-refractivity contribution in [1.82, 2.24) is 14.9 Å². The third-order valence-electron chi connectivity index (χ3n) is 2.82. The number of nitrogens with zero attached hydrogens (tertiary/aromatic N) is 2. The number of aliphatic hydroxyl groups excluding tert-OH is 1. The number of hydrogen-bond donors (Lipinski definition) is 2. The maximum absolute atomic E-state index is 13.7. The van der Waals surface area contributed by atoms with E-state index in [0.29, 0.717) is 5.89 Å². The normalized spacial score (nSPS) is 11.8. The first-order valence-corrected chi connectivity index (χ1v) is 7.50. The zero-order valence-corrected chi connectivity index (χ0v) is 12.2. The molecule has 1 aromatic carbocycles. The fourth-order valence-corrected chi connectivity index (χ4v) is 3.01. The Hall–Kier alpha value is -1.84. The van der Waals surface area contributed by atoms with Crippen molar-refractivity contribution in [2.24, 2.45) is 0 Å². The summed E-state index contributed by atoms with van der Waals surface area (Å²) in [6, 6.07) is 2.32. The number of halogens is 1. The predicted molar refractivity (Wildman–Crippen MR) is 70.1 cm³/mol. The second kappa shape index (κ2) is 5.88. The van der Waals surface area contributed by atoms with Gasteiger partial charge in [-0.2, -0.15) is 4.98 Å². The minimum Gasteiger partial charge on any atom is -0.392 e. The number of hydrogen-bond acceptors (Lipinski definition) is 6. The van der Waals surface area contributed by atoms with Gasteiger partial charge in [-0.1, -0.05) is 5.16 Å². The van der Waals surface area contributed by atoms with Crippen LogP contribution < -0.4 is 4.72 Å². The molecule has 2 N–H and O–H groups in total. The summed E-state index contributed by atoms with van der Waals surface area (Å²) in [5.41, 5.74) is 0.151. The highest BCUT2D eigenvalue weighted by Gasteiger charge is 2.20. The van der Waals surface area contributed by atoms with Crippen LogP contribution in [0.4, 0.5) is 4.39 Å². The van der Waals surface area contributed by atoms with Crippen LogP contribution in [0.25, 0.3) is 0 Å². The smallest absolute Gasteiger partial charge is 0.241 e. The van der Waals surface area contributed by atoms with E-state index in [9.17, 15) is 12.8 Å². The third kappa shape index (κ3) is 3.43. The maximum atomic E-state index is 13.7. The van der Waals surface area contributed by atoms with Gasteiger partial charge in [-0.25, -0.2) is 17.5 Å². The second-order valence-corrected chi connectivity index (χ2v) is 6.15. The van der Waals surface area contributed by atoms with Crippen LogP contribution >= 0.6 is 0 Å². The van der Waals surface area contributed by atoms with E-state index < -0.39 is 22.4 Å². The second-order valence-electron chi connectivity index (χ2n) is 4.41. The molecule has 0 atom stereocenters. The summed E-state index contributed by atoms with van der Waals surface area (Å²) in [7, 11) is -3.96. The number of aryl methyl sites for hydroxylation is 1. The van der Waals surface area contributed by atoms with Gasteiger partial charge >= 0.3 is 0 Å². The van der Waals surface area contributed by atoms with Gasteiger partial charge in [0, 0.05) is 12.5 Å². The molecule has 7 nitrogen and oxygen atoms in total. The van der Waals surface area contributed by atoms with Gasteiger partial charge < -0.3 is 9.63 Å². The Bertz CT molecular complexity index is 758. The molecule has 2 aromatic rings. The van der Waals surface area contributed by atoms with Crippen LogP contribution in [0.5, 0.6) is 0 Å². The predicted octanol–water partition coefficient (Wildman–Crippen LogP) is 0.796. The number of benzene rings is 1. The van der Waals surface area contributed by atoms with Crippen LogP contribution in [-0.2, 0) is 23.2 Å². The first-order valence-electron chi connectivity index (χ1n) is 6.02. The van der Waals surface area contributed by atoms with Crippen LogP contribution in [-0.4, -0.2) is 23.7 Å². The zero-order valence-electron chi connectivity index (χ0n) is 11.4. The van der Waals surface area contributed by atoms with Crippen molar-refractivity contribution in [3.8, 4) is 0 Å². The lowest BCUT2D eigenvalue weighted by molar-refractivity contribution is 0.281. The highest BCUT2D eigenvalue weighted by molar-refractivity contribution is 7.89. The molecule has 0 fully saturated rings. The molecular weight excluding hydrogens is 301 g/mol. The molecule has 114 valence electrons. The third-order valence-corrected chi connectivity index (χ3v) is 4.35. The summed E-state index contributed by atoms with van der Waals surface area (Å²) >= 11 is 0. The van der Waals surface area contributed by atoms with Crippen LogP contribution in [0.3, 0.4) is 0 Å². The SMILES string of the molecule is Cc1nc(CNS(=O)(=O)c2cc(CO)cc(F)c2C)no1. The largest absolute Gasteiger partial charge is 0.392 e. The van der Waals surface area contributed by atoms with Crippen molar-refractivity contribution in [2.45, 2.75) is 31.9 Å². The Balaban J connectivity index is 2.29. The fourth-order valence-electron chi connectivity index (χ4n) is 1.73. The molecule has 9 heteroatoms. The van der Waals surface area contributed by atoms with Crippen molar-refractivity contribution < 1.29 is 22.4 Å². The molecule has 0 saturated carbocycles. The van der Waals surface area contributed by atoms with Gasteiger partial charge in [0.15, 0.2) is 5.82 Å². The summed E-state index contributed by atoms with van der Waals surface area (Å²) < 4.78 is 45.1. The highest BCUT2D eigenvalue weighted by Crippen LogP contribution is 2.20. The number of nitrogens with one attached hydrogen (secondary N) is 1. The lowest BCUT2D eigenvalue weighted by atomic mass is 10.1. The van der Waals surface area contributed by atoms with E-state index in [1.807, 2.05) is 0 Å². The van der Waals surface area contributed by atoms with E-state index in [2.05, 4.69) is 14.9 Å². The highest BCUT2D eigenvalue weighted by atomic mass is 32.2.